The van der Waals surface area contributed by atoms with Crippen molar-refractivity contribution in [3.05, 3.63) is 71.8 Å². The van der Waals surface area contributed by atoms with Gasteiger partial charge in [-0.25, -0.2) is 4.79 Å². The van der Waals surface area contributed by atoms with Gasteiger partial charge in [0.05, 0.1) is 19.8 Å². The first kappa shape index (κ1) is 15.2. The summed E-state index contributed by atoms with van der Waals surface area (Å²) >= 11 is 0. The summed E-state index contributed by atoms with van der Waals surface area (Å²) in [5.41, 5.74) is 0.161. The van der Waals surface area contributed by atoms with Crippen molar-refractivity contribution >= 4 is 11.9 Å². The van der Waals surface area contributed by atoms with Crippen LogP contribution in [0.1, 0.15) is 22.0 Å². The number of hydrogen-bond acceptors (Lipinski definition) is 4. The molecular formula is C18H17NO4. The van der Waals surface area contributed by atoms with Crippen molar-refractivity contribution in [3.8, 4) is 0 Å². The Balaban J connectivity index is 1.91. The second-order valence-electron chi connectivity index (χ2n) is 5.35. The van der Waals surface area contributed by atoms with Crippen LogP contribution in [0.4, 0.5) is 0 Å². The van der Waals surface area contributed by atoms with Crippen molar-refractivity contribution in [2.75, 3.05) is 13.7 Å². The van der Waals surface area contributed by atoms with Crippen molar-refractivity contribution in [1.82, 2.24) is 5.32 Å². The van der Waals surface area contributed by atoms with Crippen LogP contribution in [0.3, 0.4) is 0 Å². The molecule has 1 saturated heterocycles. The van der Waals surface area contributed by atoms with Crippen molar-refractivity contribution in [2.45, 2.75) is 11.6 Å². The lowest BCUT2D eigenvalue weighted by atomic mass is 9.93. The molecule has 0 aliphatic carbocycles. The van der Waals surface area contributed by atoms with Crippen molar-refractivity contribution in [2.24, 2.45) is 0 Å². The van der Waals surface area contributed by atoms with Gasteiger partial charge >= 0.3 is 5.97 Å². The minimum absolute atomic E-state index is 0.217. The molecule has 0 unspecified atom stereocenters. The Kier molecular flexibility index (Phi) is 4.12. The predicted molar refractivity (Wildman–Crippen MR) is 83.8 cm³/mol. The van der Waals surface area contributed by atoms with E-state index in [0.717, 1.165) is 5.56 Å². The number of benzene rings is 2. The molecule has 0 saturated carbocycles. The predicted octanol–water partition coefficient (Wildman–Crippen LogP) is 2.10. The Hall–Kier alpha value is -2.66. The molecule has 1 heterocycles. The third-order valence-electron chi connectivity index (χ3n) is 3.90. The number of epoxide rings is 1. The zero-order valence-corrected chi connectivity index (χ0v) is 12.7. The number of amides is 1. The highest BCUT2D eigenvalue weighted by Gasteiger charge is 2.60. The number of esters is 1. The maximum Gasteiger partial charge on any atom is 0.343 e. The van der Waals surface area contributed by atoms with Crippen LogP contribution in [0.15, 0.2) is 60.7 Å². The summed E-state index contributed by atoms with van der Waals surface area (Å²) in [5.74, 6) is -0.752. The highest BCUT2D eigenvalue weighted by molar-refractivity contribution is 5.95. The number of ether oxygens (including phenoxy) is 2. The van der Waals surface area contributed by atoms with Gasteiger partial charge in [-0.15, -0.1) is 0 Å². The van der Waals surface area contributed by atoms with E-state index in [9.17, 15) is 9.59 Å². The van der Waals surface area contributed by atoms with Crippen LogP contribution in [0, 0.1) is 0 Å². The fraction of sp³-hybridized carbons (Fsp3) is 0.222. The lowest BCUT2D eigenvalue weighted by Gasteiger charge is -2.24. The number of carbonyl (C=O) groups excluding carboxylic acids is 2. The first-order valence-corrected chi connectivity index (χ1v) is 7.30. The van der Waals surface area contributed by atoms with E-state index in [1.807, 2.05) is 36.4 Å². The van der Waals surface area contributed by atoms with Crippen molar-refractivity contribution < 1.29 is 19.1 Å². The second-order valence-corrected chi connectivity index (χ2v) is 5.35. The minimum Gasteiger partial charge on any atom is -0.467 e. The summed E-state index contributed by atoms with van der Waals surface area (Å²) in [6, 6.07) is 17.5. The van der Waals surface area contributed by atoms with E-state index in [2.05, 4.69) is 5.32 Å². The van der Waals surface area contributed by atoms with Gasteiger partial charge in [0.15, 0.2) is 0 Å². The van der Waals surface area contributed by atoms with Crippen molar-refractivity contribution in [3.63, 3.8) is 0 Å². The van der Waals surface area contributed by atoms with Gasteiger partial charge in [0, 0.05) is 5.56 Å². The molecule has 1 fully saturated rings. The lowest BCUT2D eigenvalue weighted by molar-refractivity contribution is -0.148. The molecule has 1 N–H and O–H groups in total. The number of rotatable bonds is 5. The van der Waals surface area contributed by atoms with Gasteiger partial charge in [-0.2, -0.15) is 0 Å². The van der Waals surface area contributed by atoms with E-state index in [1.54, 1.807) is 24.3 Å². The number of carbonyl (C=O) groups is 2. The van der Waals surface area contributed by atoms with Crippen LogP contribution in [0.2, 0.25) is 0 Å². The lowest BCUT2D eigenvalue weighted by Crippen LogP contribution is -2.43. The monoisotopic (exact) mass is 311 g/mol. The van der Waals surface area contributed by atoms with Crippen LogP contribution in [-0.2, 0) is 14.3 Å². The van der Waals surface area contributed by atoms with Crippen LogP contribution < -0.4 is 5.32 Å². The van der Waals surface area contributed by atoms with E-state index in [4.69, 9.17) is 9.47 Å². The fourth-order valence-corrected chi connectivity index (χ4v) is 2.57. The standard InChI is InChI=1S/C18H17NO4/c1-22-17(21)18(12-23-18)15(13-8-4-2-5-9-13)19-16(20)14-10-6-3-7-11-14/h2-11,15H,12H2,1H3,(H,19,20)/t15-,18+/m0/s1. The molecule has 0 radical (unpaired) electrons. The fourth-order valence-electron chi connectivity index (χ4n) is 2.57. The van der Waals surface area contributed by atoms with Gasteiger partial charge in [-0.05, 0) is 17.7 Å². The quantitative estimate of drug-likeness (QED) is 0.678. The summed E-state index contributed by atoms with van der Waals surface area (Å²) in [5, 5.41) is 2.90. The molecule has 0 aromatic heterocycles. The molecule has 2 aromatic carbocycles. The van der Waals surface area contributed by atoms with E-state index in [0.29, 0.717) is 5.56 Å². The Morgan fingerprint density at radius 3 is 2.17 bits per heavy atom. The van der Waals surface area contributed by atoms with E-state index in [-0.39, 0.29) is 12.5 Å². The summed E-state index contributed by atoms with van der Waals surface area (Å²) in [6.07, 6.45) is 0. The van der Waals surface area contributed by atoms with Gasteiger partial charge in [-0.3, -0.25) is 4.79 Å². The van der Waals surface area contributed by atoms with Gasteiger partial charge in [0.2, 0.25) is 5.60 Å². The molecular weight excluding hydrogens is 294 g/mol. The molecule has 0 spiro atoms. The maximum atomic E-state index is 12.5. The number of nitrogens with one attached hydrogen (secondary N) is 1. The van der Waals surface area contributed by atoms with Crippen LogP contribution in [-0.4, -0.2) is 31.2 Å². The van der Waals surface area contributed by atoms with Crippen molar-refractivity contribution in [1.29, 1.82) is 0 Å². The average Bonchev–Trinajstić information content (AvgIpc) is 3.42. The summed E-state index contributed by atoms with van der Waals surface area (Å²) in [4.78, 5) is 24.6. The first-order valence-electron chi connectivity index (χ1n) is 7.30. The zero-order valence-electron chi connectivity index (χ0n) is 12.7. The zero-order chi connectivity index (χ0) is 16.3. The minimum atomic E-state index is -1.15. The van der Waals surface area contributed by atoms with E-state index >= 15 is 0 Å². The van der Waals surface area contributed by atoms with Gasteiger partial charge in [0.25, 0.3) is 5.91 Å². The molecule has 1 aliphatic rings. The third kappa shape index (κ3) is 2.96. The highest BCUT2D eigenvalue weighted by Crippen LogP contribution is 2.41. The van der Waals surface area contributed by atoms with Crippen LogP contribution in [0.5, 0.6) is 0 Å². The maximum absolute atomic E-state index is 12.5. The van der Waals surface area contributed by atoms with Gasteiger partial charge in [-0.1, -0.05) is 48.5 Å². The van der Waals surface area contributed by atoms with Gasteiger partial charge in [0.1, 0.15) is 0 Å². The SMILES string of the molecule is COC(=O)[C@]1([C@@H](NC(=O)c2ccccc2)c2ccccc2)CO1. The molecule has 5 heteroatoms. The molecule has 3 rings (SSSR count). The van der Waals surface area contributed by atoms with Crippen LogP contribution >= 0.6 is 0 Å². The Bertz CT molecular complexity index is 695. The summed E-state index contributed by atoms with van der Waals surface area (Å²) in [6.45, 7) is 0.217. The Morgan fingerprint density at radius 1 is 1.09 bits per heavy atom. The average molecular weight is 311 g/mol. The third-order valence-corrected chi connectivity index (χ3v) is 3.90. The highest BCUT2D eigenvalue weighted by atomic mass is 16.6. The molecule has 2 aromatic rings. The normalized spacial score (nSPS) is 20.4. The molecule has 1 amide bonds. The van der Waals surface area contributed by atoms with Crippen LogP contribution in [0.25, 0.3) is 0 Å². The molecule has 23 heavy (non-hydrogen) atoms. The Morgan fingerprint density at radius 2 is 1.65 bits per heavy atom. The topological polar surface area (TPSA) is 67.9 Å². The summed E-state index contributed by atoms with van der Waals surface area (Å²) in [7, 11) is 1.31. The van der Waals surface area contributed by atoms with E-state index < -0.39 is 17.6 Å². The molecule has 5 nitrogen and oxygen atoms in total. The van der Waals surface area contributed by atoms with Gasteiger partial charge < -0.3 is 14.8 Å². The smallest absolute Gasteiger partial charge is 0.343 e. The second kappa shape index (κ2) is 6.22. The largest absolute Gasteiger partial charge is 0.467 e. The molecule has 0 bridgehead atoms. The number of methoxy groups -OCH3 is 1. The molecule has 118 valence electrons. The molecule has 2 atom stereocenters. The number of hydrogen-bond donors (Lipinski definition) is 1. The molecule has 1 aliphatic heterocycles. The summed E-state index contributed by atoms with van der Waals surface area (Å²) < 4.78 is 10.3. The van der Waals surface area contributed by atoms with E-state index in [1.165, 1.54) is 7.11 Å². The first-order chi connectivity index (χ1) is 11.2. The Labute approximate surface area is 134 Å².